The molecule has 1 aromatic carbocycles. The van der Waals surface area contributed by atoms with Crippen LogP contribution < -0.4 is 10.9 Å². The fourth-order valence-electron chi connectivity index (χ4n) is 1.75. The molecule has 1 aromatic heterocycles. The molecule has 6 nitrogen and oxygen atoms in total. The van der Waals surface area contributed by atoms with Crippen LogP contribution in [0.5, 0.6) is 0 Å². The van der Waals surface area contributed by atoms with Crippen LogP contribution in [0.1, 0.15) is 45.5 Å². The summed E-state index contributed by atoms with van der Waals surface area (Å²) in [6.07, 6.45) is 3.40. The first-order chi connectivity index (χ1) is 9.74. The van der Waals surface area contributed by atoms with Crippen LogP contribution in [0.25, 0.3) is 0 Å². The Morgan fingerprint density at radius 1 is 1.10 bits per heavy atom. The highest BCUT2D eigenvalue weighted by Gasteiger charge is 2.29. The number of hydrazine groups is 1. The van der Waals surface area contributed by atoms with Crippen molar-refractivity contribution < 1.29 is 14.0 Å². The molecule has 1 heterocycles. The zero-order chi connectivity index (χ0) is 13.9. The summed E-state index contributed by atoms with van der Waals surface area (Å²) in [5.41, 5.74) is 5.27. The molecule has 3 rings (SSSR count). The number of hydrogen-bond donors (Lipinski definition) is 2. The Morgan fingerprint density at radius 3 is 2.50 bits per heavy atom. The Bertz CT molecular complexity index is 632. The highest BCUT2D eigenvalue weighted by atomic mass is 16.3. The lowest BCUT2D eigenvalue weighted by molar-refractivity contribution is 0.0844. The second-order valence-electron chi connectivity index (χ2n) is 4.62. The maximum atomic E-state index is 11.8. The van der Waals surface area contributed by atoms with E-state index in [1.807, 2.05) is 6.07 Å². The average molecular weight is 271 g/mol. The van der Waals surface area contributed by atoms with Gasteiger partial charge in [-0.3, -0.25) is 20.4 Å². The summed E-state index contributed by atoms with van der Waals surface area (Å²) in [6.45, 7) is 0. The largest absolute Gasteiger partial charge is 0.448 e. The topological polar surface area (TPSA) is 84.2 Å². The number of carbonyl (C=O) groups is 2. The van der Waals surface area contributed by atoms with E-state index < -0.39 is 5.91 Å². The highest BCUT2D eigenvalue weighted by Crippen LogP contribution is 2.39. The van der Waals surface area contributed by atoms with Crippen LogP contribution in [-0.4, -0.2) is 16.8 Å². The molecule has 0 unspecified atom stereocenters. The minimum atomic E-state index is -0.495. The number of nitrogens with one attached hydrogen (secondary N) is 2. The summed E-state index contributed by atoms with van der Waals surface area (Å²) in [4.78, 5) is 27.6. The Morgan fingerprint density at radius 2 is 1.80 bits per heavy atom. The summed E-state index contributed by atoms with van der Waals surface area (Å²) in [6, 6.07) is 8.61. The normalized spacial score (nSPS) is 13.8. The molecule has 1 fully saturated rings. The van der Waals surface area contributed by atoms with Gasteiger partial charge in [0.05, 0.1) is 0 Å². The molecule has 20 heavy (non-hydrogen) atoms. The number of benzene rings is 1. The summed E-state index contributed by atoms with van der Waals surface area (Å²) in [7, 11) is 0. The summed E-state index contributed by atoms with van der Waals surface area (Å²) >= 11 is 0. The molecule has 0 spiro atoms. The summed E-state index contributed by atoms with van der Waals surface area (Å²) < 4.78 is 5.22. The molecule has 0 bridgehead atoms. The molecule has 0 aliphatic heterocycles. The smallest absolute Gasteiger partial charge is 0.291 e. The van der Waals surface area contributed by atoms with Gasteiger partial charge in [0.2, 0.25) is 0 Å². The minimum absolute atomic E-state index is 0.167. The highest BCUT2D eigenvalue weighted by molar-refractivity contribution is 5.98. The monoisotopic (exact) mass is 271 g/mol. The first-order valence-corrected chi connectivity index (χ1v) is 6.35. The van der Waals surface area contributed by atoms with Crippen molar-refractivity contribution in [2.24, 2.45) is 0 Å². The third-order valence-corrected chi connectivity index (χ3v) is 3.01. The Labute approximate surface area is 115 Å². The molecular weight excluding hydrogens is 258 g/mol. The molecule has 6 heteroatoms. The maximum Gasteiger partial charge on any atom is 0.291 e. The quantitative estimate of drug-likeness (QED) is 0.831. The molecular formula is C14H13N3O3. The van der Waals surface area contributed by atoms with Gasteiger partial charge in [0.1, 0.15) is 6.26 Å². The Kier molecular flexibility index (Phi) is 3.20. The zero-order valence-corrected chi connectivity index (χ0v) is 10.6. The Balaban J connectivity index is 1.57. The summed E-state index contributed by atoms with van der Waals surface area (Å²) in [5, 5.41) is 0. The van der Waals surface area contributed by atoms with Crippen LogP contribution >= 0.6 is 0 Å². The van der Waals surface area contributed by atoms with Crippen molar-refractivity contribution in [3.05, 3.63) is 53.7 Å². The van der Waals surface area contributed by atoms with Crippen molar-refractivity contribution in [3.63, 3.8) is 0 Å². The lowest BCUT2D eigenvalue weighted by Crippen LogP contribution is -2.41. The van der Waals surface area contributed by atoms with E-state index in [0.717, 1.165) is 12.8 Å². The molecule has 0 radical (unpaired) electrons. The van der Waals surface area contributed by atoms with E-state index in [0.29, 0.717) is 17.4 Å². The predicted molar refractivity (Wildman–Crippen MR) is 69.9 cm³/mol. The number of nitrogens with zero attached hydrogens (tertiary/aromatic N) is 1. The number of hydrogen-bond acceptors (Lipinski definition) is 4. The zero-order valence-electron chi connectivity index (χ0n) is 10.6. The van der Waals surface area contributed by atoms with Gasteiger partial charge in [-0.2, -0.15) is 0 Å². The molecule has 102 valence electrons. The third-order valence-electron chi connectivity index (χ3n) is 3.01. The van der Waals surface area contributed by atoms with E-state index >= 15 is 0 Å². The molecule has 2 aromatic rings. The van der Waals surface area contributed by atoms with Gasteiger partial charge in [-0.1, -0.05) is 18.2 Å². The van der Waals surface area contributed by atoms with Crippen molar-refractivity contribution in [2.75, 3.05) is 0 Å². The number of aromatic nitrogens is 1. The SMILES string of the molecule is O=C(NNC(=O)c1coc(C2CC2)n1)c1ccccc1. The van der Waals surface area contributed by atoms with Crippen molar-refractivity contribution in [1.82, 2.24) is 15.8 Å². The van der Waals surface area contributed by atoms with Gasteiger partial charge in [-0.15, -0.1) is 0 Å². The van der Waals surface area contributed by atoms with Gasteiger partial charge in [0.25, 0.3) is 11.8 Å². The lowest BCUT2D eigenvalue weighted by atomic mass is 10.2. The molecule has 1 aliphatic rings. The van der Waals surface area contributed by atoms with E-state index in [1.165, 1.54) is 6.26 Å². The Hall–Kier alpha value is -2.63. The fraction of sp³-hybridized carbons (Fsp3) is 0.214. The van der Waals surface area contributed by atoms with E-state index in [4.69, 9.17) is 4.42 Å². The van der Waals surface area contributed by atoms with Gasteiger partial charge < -0.3 is 4.42 Å². The van der Waals surface area contributed by atoms with Crippen LogP contribution in [0.2, 0.25) is 0 Å². The standard InChI is InChI=1S/C14H13N3O3/c18-12(9-4-2-1-3-5-9)16-17-13(19)11-8-20-14(15-11)10-6-7-10/h1-5,8,10H,6-7H2,(H,16,18)(H,17,19). The van der Waals surface area contributed by atoms with E-state index in [2.05, 4.69) is 15.8 Å². The number of carbonyl (C=O) groups excluding carboxylic acids is 2. The molecule has 2 amide bonds. The summed E-state index contributed by atoms with van der Waals surface area (Å²) in [5.74, 6) is 0.0507. The van der Waals surface area contributed by atoms with E-state index in [-0.39, 0.29) is 11.6 Å². The maximum absolute atomic E-state index is 11.8. The molecule has 1 saturated carbocycles. The molecule has 1 aliphatic carbocycles. The molecule has 0 saturated heterocycles. The van der Waals surface area contributed by atoms with Crippen LogP contribution in [0.15, 0.2) is 41.0 Å². The van der Waals surface area contributed by atoms with Gasteiger partial charge in [-0.25, -0.2) is 4.98 Å². The van der Waals surface area contributed by atoms with E-state index in [1.54, 1.807) is 24.3 Å². The van der Waals surface area contributed by atoms with Crippen molar-refractivity contribution >= 4 is 11.8 Å². The first kappa shape index (κ1) is 12.4. The second-order valence-corrected chi connectivity index (χ2v) is 4.62. The fourth-order valence-corrected chi connectivity index (χ4v) is 1.75. The van der Waals surface area contributed by atoms with Gasteiger partial charge in [-0.05, 0) is 25.0 Å². The van der Waals surface area contributed by atoms with E-state index in [9.17, 15) is 9.59 Å². The van der Waals surface area contributed by atoms with Crippen molar-refractivity contribution in [3.8, 4) is 0 Å². The average Bonchev–Trinajstić information content (AvgIpc) is 3.22. The second kappa shape index (κ2) is 5.16. The molecule has 0 atom stereocenters. The van der Waals surface area contributed by atoms with Gasteiger partial charge >= 0.3 is 0 Å². The van der Waals surface area contributed by atoms with Gasteiger partial charge in [0.15, 0.2) is 11.6 Å². The molecule has 2 N–H and O–H groups in total. The van der Waals surface area contributed by atoms with Crippen LogP contribution in [0.3, 0.4) is 0 Å². The number of oxazole rings is 1. The van der Waals surface area contributed by atoms with Crippen LogP contribution in [-0.2, 0) is 0 Å². The van der Waals surface area contributed by atoms with Crippen LogP contribution in [0.4, 0.5) is 0 Å². The van der Waals surface area contributed by atoms with Gasteiger partial charge in [0, 0.05) is 11.5 Å². The lowest BCUT2D eigenvalue weighted by Gasteiger charge is -2.05. The van der Waals surface area contributed by atoms with Crippen molar-refractivity contribution in [2.45, 2.75) is 18.8 Å². The number of amides is 2. The third kappa shape index (κ3) is 2.69. The van der Waals surface area contributed by atoms with Crippen molar-refractivity contribution in [1.29, 1.82) is 0 Å². The minimum Gasteiger partial charge on any atom is -0.448 e. The predicted octanol–water partition coefficient (Wildman–Crippen LogP) is 1.63. The number of rotatable bonds is 3. The first-order valence-electron chi connectivity index (χ1n) is 6.35. The van der Waals surface area contributed by atoms with Crippen LogP contribution in [0, 0.1) is 0 Å².